The van der Waals surface area contributed by atoms with Crippen LogP contribution in [0.15, 0.2) is 119 Å². The largest absolute Gasteiger partial charge is 0.151 e. The zero-order valence-electron chi connectivity index (χ0n) is 16.3. The van der Waals surface area contributed by atoms with Gasteiger partial charge in [-0.15, -0.1) is 0 Å². The summed E-state index contributed by atoms with van der Waals surface area (Å²) in [5.41, 5.74) is 1.72. The lowest BCUT2D eigenvalue weighted by Gasteiger charge is -2.05. The molecule has 0 fully saturated rings. The number of benzene rings is 6. The molecule has 2 heteroatoms. The summed E-state index contributed by atoms with van der Waals surface area (Å²) in [5, 5.41) is 18.9. The number of hydrogen-bond donors (Lipinski definition) is 0. The Bertz CT molecular complexity index is 1470. The highest BCUT2D eigenvalue weighted by Gasteiger charge is 2.03. The molecule has 0 aromatic heterocycles. The Labute approximate surface area is 174 Å². The fourth-order valence-electron chi connectivity index (χ4n) is 4.22. The zero-order chi connectivity index (χ0) is 19.9. The predicted octanol–water partition coefficient (Wildman–Crippen LogP) is 8.71. The van der Waals surface area contributed by atoms with E-state index in [4.69, 9.17) is 0 Å². The molecule has 0 atom stereocenters. The van der Waals surface area contributed by atoms with Crippen LogP contribution in [0, 0.1) is 0 Å². The molecule has 0 radical (unpaired) electrons. The van der Waals surface area contributed by atoms with Crippen molar-refractivity contribution in [2.75, 3.05) is 0 Å². The van der Waals surface area contributed by atoms with Gasteiger partial charge in [0.1, 0.15) is 0 Å². The molecule has 0 saturated heterocycles. The number of rotatable bonds is 2. The van der Waals surface area contributed by atoms with Gasteiger partial charge in [-0.2, -0.15) is 10.2 Å². The molecule has 0 aliphatic rings. The maximum absolute atomic E-state index is 4.55. The molecule has 0 spiro atoms. The van der Waals surface area contributed by atoms with Gasteiger partial charge in [0.2, 0.25) is 0 Å². The van der Waals surface area contributed by atoms with Crippen molar-refractivity contribution in [1.82, 2.24) is 0 Å². The van der Waals surface area contributed by atoms with E-state index in [9.17, 15) is 0 Å². The molecule has 30 heavy (non-hydrogen) atoms. The molecule has 0 aliphatic carbocycles. The number of nitrogens with zero attached hydrogens (tertiary/aromatic N) is 2. The van der Waals surface area contributed by atoms with E-state index in [0.717, 1.165) is 11.4 Å². The molecule has 6 rings (SSSR count). The highest BCUT2D eigenvalue weighted by atomic mass is 15.1. The number of azo groups is 1. The molecule has 6 aromatic carbocycles. The van der Waals surface area contributed by atoms with Crippen molar-refractivity contribution >= 4 is 54.5 Å². The zero-order valence-corrected chi connectivity index (χ0v) is 16.3. The Morgan fingerprint density at radius 1 is 0.333 bits per heavy atom. The van der Waals surface area contributed by atoms with E-state index in [0.29, 0.717) is 0 Å². The first kappa shape index (κ1) is 16.9. The van der Waals surface area contributed by atoms with Gasteiger partial charge < -0.3 is 0 Å². The van der Waals surface area contributed by atoms with E-state index < -0.39 is 0 Å². The average molecular weight is 382 g/mol. The SMILES string of the molecule is c1ccc2c(c1)ccc1ccc(N=Nc3ccc4ccc5ccccc5c4c3)cc12. The summed E-state index contributed by atoms with van der Waals surface area (Å²) in [6, 6.07) is 38.1. The maximum Gasteiger partial charge on any atom is 0.0863 e. The standard InChI is InChI=1S/C28H18N2/c1-3-7-25-19(5-1)9-11-21-13-15-23(17-27(21)25)29-30-24-16-14-22-12-10-20-6-2-4-8-26(20)28(22)18-24/h1-18H. The topological polar surface area (TPSA) is 24.7 Å². The second-order valence-electron chi connectivity index (χ2n) is 7.58. The minimum Gasteiger partial charge on any atom is -0.151 e. The van der Waals surface area contributed by atoms with E-state index in [-0.39, 0.29) is 0 Å². The van der Waals surface area contributed by atoms with Crippen LogP contribution < -0.4 is 0 Å². The van der Waals surface area contributed by atoms with Gasteiger partial charge in [-0.05, 0) is 67.4 Å². The van der Waals surface area contributed by atoms with Gasteiger partial charge in [0.25, 0.3) is 0 Å². The first-order valence-corrected chi connectivity index (χ1v) is 10.1. The van der Waals surface area contributed by atoms with Gasteiger partial charge in [0.05, 0.1) is 11.4 Å². The van der Waals surface area contributed by atoms with E-state index in [1.54, 1.807) is 0 Å². The molecule has 2 nitrogen and oxygen atoms in total. The molecule has 0 bridgehead atoms. The van der Waals surface area contributed by atoms with Crippen LogP contribution >= 0.6 is 0 Å². The summed E-state index contributed by atoms with van der Waals surface area (Å²) in [4.78, 5) is 0. The molecule has 140 valence electrons. The molecule has 0 N–H and O–H groups in total. The molecule has 0 amide bonds. The Balaban J connectivity index is 1.44. The van der Waals surface area contributed by atoms with Crippen molar-refractivity contribution in [3.63, 3.8) is 0 Å². The van der Waals surface area contributed by atoms with Gasteiger partial charge in [0.15, 0.2) is 0 Å². The third-order valence-electron chi connectivity index (χ3n) is 5.74. The summed E-state index contributed by atoms with van der Waals surface area (Å²) < 4.78 is 0. The number of fused-ring (bicyclic) bond motifs is 6. The minimum absolute atomic E-state index is 0.858. The second-order valence-corrected chi connectivity index (χ2v) is 7.58. The first-order valence-electron chi connectivity index (χ1n) is 10.1. The quantitative estimate of drug-likeness (QED) is 0.211. The molecule has 0 saturated carbocycles. The van der Waals surface area contributed by atoms with Crippen LogP contribution in [0.4, 0.5) is 11.4 Å². The van der Waals surface area contributed by atoms with Crippen LogP contribution in [-0.2, 0) is 0 Å². The van der Waals surface area contributed by atoms with Crippen molar-refractivity contribution in [3.8, 4) is 0 Å². The molecule has 6 aromatic rings. The summed E-state index contributed by atoms with van der Waals surface area (Å²) in [6.45, 7) is 0. The van der Waals surface area contributed by atoms with Crippen molar-refractivity contribution in [1.29, 1.82) is 0 Å². The van der Waals surface area contributed by atoms with E-state index in [1.165, 1.54) is 43.1 Å². The predicted molar refractivity (Wildman–Crippen MR) is 127 cm³/mol. The molecular weight excluding hydrogens is 364 g/mol. The molecule has 0 heterocycles. The third-order valence-corrected chi connectivity index (χ3v) is 5.74. The van der Waals surface area contributed by atoms with Crippen molar-refractivity contribution in [2.45, 2.75) is 0 Å². The Hall–Kier alpha value is -4.04. The average Bonchev–Trinajstić information content (AvgIpc) is 2.82. The second kappa shape index (κ2) is 6.78. The lowest BCUT2D eigenvalue weighted by molar-refractivity contribution is 1.24. The van der Waals surface area contributed by atoms with E-state index in [1.807, 2.05) is 12.1 Å². The maximum atomic E-state index is 4.55. The highest BCUT2D eigenvalue weighted by Crippen LogP contribution is 2.31. The van der Waals surface area contributed by atoms with Crippen molar-refractivity contribution in [3.05, 3.63) is 109 Å². The molecular formula is C28H18N2. The van der Waals surface area contributed by atoms with Crippen LogP contribution in [0.3, 0.4) is 0 Å². The van der Waals surface area contributed by atoms with Crippen molar-refractivity contribution in [2.24, 2.45) is 10.2 Å². The van der Waals surface area contributed by atoms with Gasteiger partial charge >= 0.3 is 0 Å². The van der Waals surface area contributed by atoms with E-state index in [2.05, 4.69) is 107 Å². The van der Waals surface area contributed by atoms with Gasteiger partial charge in [-0.3, -0.25) is 0 Å². The fourth-order valence-corrected chi connectivity index (χ4v) is 4.22. The van der Waals surface area contributed by atoms with Crippen LogP contribution in [0.5, 0.6) is 0 Å². The summed E-state index contributed by atoms with van der Waals surface area (Å²) >= 11 is 0. The smallest absolute Gasteiger partial charge is 0.0863 e. The Morgan fingerprint density at radius 3 is 1.17 bits per heavy atom. The molecule has 0 aliphatic heterocycles. The lowest BCUT2D eigenvalue weighted by atomic mass is 10.0. The highest BCUT2D eigenvalue weighted by molar-refractivity contribution is 6.09. The number of hydrogen-bond acceptors (Lipinski definition) is 2. The third kappa shape index (κ3) is 2.82. The first-order chi connectivity index (χ1) is 14.8. The van der Waals surface area contributed by atoms with Gasteiger partial charge in [-0.25, -0.2) is 0 Å². The normalized spacial score (nSPS) is 11.9. The Kier molecular flexibility index (Phi) is 3.82. The van der Waals surface area contributed by atoms with Gasteiger partial charge in [0, 0.05) is 0 Å². The monoisotopic (exact) mass is 382 g/mol. The fraction of sp³-hybridized carbons (Fsp3) is 0. The Morgan fingerprint density at radius 2 is 0.700 bits per heavy atom. The van der Waals surface area contributed by atoms with Crippen LogP contribution in [-0.4, -0.2) is 0 Å². The lowest BCUT2D eigenvalue weighted by Crippen LogP contribution is -1.78. The summed E-state index contributed by atoms with van der Waals surface area (Å²) in [5.74, 6) is 0. The van der Waals surface area contributed by atoms with Crippen LogP contribution in [0.25, 0.3) is 43.1 Å². The van der Waals surface area contributed by atoms with Gasteiger partial charge in [-0.1, -0.05) is 84.9 Å². The van der Waals surface area contributed by atoms with Crippen molar-refractivity contribution < 1.29 is 0 Å². The van der Waals surface area contributed by atoms with E-state index >= 15 is 0 Å². The van der Waals surface area contributed by atoms with Crippen LogP contribution in [0.1, 0.15) is 0 Å². The minimum atomic E-state index is 0.858. The van der Waals surface area contributed by atoms with Crippen LogP contribution in [0.2, 0.25) is 0 Å². The summed E-state index contributed by atoms with van der Waals surface area (Å²) in [6.07, 6.45) is 0. The summed E-state index contributed by atoms with van der Waals surface area (Å²) in [7, 11) is 0. The molecule has 0 unspecified atom stereocenters.